The van der Waals surface area contributed by atoms with E-state index >= 15 is 0 Å². The molecule has 58 heavy (non-hydrogen) atoms. The summed E-state index contributed by atoms with van der Waals surface area (Å²) in [4.78, 5) is 64.6. The molecule has 0 aliphatic rings. The number of hydrogen-bond acceptors (Lipinski definition) is 12. The van der Waals surface area contributed by atoms with Crippen LogP contribution in [0.15, 0.2) is 84.6 Å². The lowest BCUT2D eigenvalue weighted by atomic mass is 10.1. The summed E-state index contributed by atoms with van der Waals surface area (Å²) in [6, 6.07) is 15.9. The van der Waals surface area contributed by atoms with Gasteiger partial charge in [-0.1, -0.05) is 12.1 Å². The van der Waals surface area contributed by atoms with Crippen LogP contribution in [0.3, 0.4) is 0 Å². The van der Waals surface area contributed by atoms with E-state index in [0.717, 1.165) is 6.07 Å². The Morgan fingerprint density at radius 2 is 1.34 bits per heavy atom. The van der Waals surface area contributed by atoms with Crippen molar-refractivity contribution in [3.05, 3.63) is 113 Å². The van der Waals surface area contributed by atoms with Crippen LogP contribution in [0.25, 0.3) is 6.08 Å². The summed E-state index contributed by atoms with van der Waals surface area (Å²) in [5.74, 6) is -5.70. The number of aromatic carboxylic acids is 1. The van der Waals surface area contributed by atoms with E-state index in [0.29, 0.717) is 22.5 Å². The van der Waals surface area contributed by atoms with Gasteiger partial charge in [0.2, 0.25) is 11.8 Å². The molecule has 0 fully saturated rings. The summed E-state index contributed by atoms with van der Waals surface area (Å²) >= 11 is 0. The van der Waals surface area contributed by atoms with Gasteiger partial charge >= 0.3 is 5.97 Å². The largest absolute Gasteiger partial charge is 0.508 e. The summed E-state index contributed by atoms with van der Waals surface area (Å²) in [6.07, 6.45) is 3.03. The van der Waals surface area contributed by atoms with Crippen LogP contribution in [0.5, 0.6) is 28.7 Å². The molecule has 1 heterocycles. The number of carboxylic acids is 1. The Bertz CT molecular complexity index is 2340. The molecule has 0 aliphatic heterocycles. The Morgan fingerprint density at radius 3 is 1.91 bits per heavy atom. The van der Waals surface area contributed by atoms with E-state index in [2.05, 4.69) is 36.7 Å². The highest BCUT2D eigenvalue weighted by atomic mass is 16.5. The highest BCUT2D eigenvalue weighted by molar-refractivity contribution is 6.10. The van der Waals surface area contributed by atoms with Crippen molar-refractivity contribution >= 4 is 52.7 Å². The minimum atomic E-state index is -1.41. The number of aromatic amines is 1. The van der Waals surface area contributed by atoms with Gasteiger partial charge in [-0.3, -0.25) is 19.2 Å². The number of carbonyl (C=O) groups excluding carboxylic acids is 4. The fourth-order valence-electron chi connectivity index (χ4n) is 5.49. The summed E-state index contributed by atoms with van der Waals surface area (Å²) in [5, 5.41) is 61.2. The first kappa shape index (κ1) is 41.3. The predicted molar refractivity (Wildman–Crippen MR) is 210 cm³/mol. The molecule has 18 heteroatoms. The number of phenolic OH excluding ortho intramolecular Hbond substituents is 2. The van der Waals surface area contributed by atoms with E-state index < -0.39 is 52.7 Å². The summed E-state index contributed by atoms with van der Waals surface area (Å²) in [7, 11) is 0. The molecule has 0 unspecified atom stereocenters. The Balaban J connectivity index is 1.28. The Hall–Kier alpha value is -7.89. The van der Waals surface area contributed by atoms with Crippen molar-refractivity contribution in [2.75, 3.05) is 29.2 Å². The van der Waals surface area contributed by atoms with Crippen LogP contribution in [0, 0.1) is 0 Å². The Labute approximate surface area is 330 Å². The second-order valence-corrected chi connectivity index (χ2v) is 12.4. The molecular formula is C40H39N7O11. The van der Waals surface area contributed by atoms with E-state index in [4.69, 9.17) is 9.47 Å². The number of aromatic hydroxyl groups is 3. The summed E-state index contributed by atoms with van der Waals surface area (Å²) in [6.45, 7) is 4.89. The molecule has 1 aromatic heterocycles. The third-order valence-electron chi connectivity index (χ3n) is 8.36. The third-order valence-corrected chi connectivity index (χ3v) is 8.36. The Morgan fingerprint density at radius 1 is 0.759 bits per heavy atom. The molecule has 5 rings (SSSR count). The fourth-order valence-corrected chi connectivity index (χ4v) is 5.49. The maximum Gasteiger partial charge on any atom is 0.339 e. The number of phenols is 3. The van der Waals surface area contributed by atoms with Gasteiger partial charge in [0, 0.05) is 23.2 Å². The van der Waals surface area contributed by atoms with E-state index in [-0.39, 0.29) is 59.4 Å². The molecule has 0 bridgehead atoms. The number of amides is 4. The van der Waals surface area contributed by atoms with Crippen LogP contribution in [0.2, 0.25) is 0 Å². The lowest BCUT2D eigenvalue weighted by Crippen LogP contribution is -2.45. The van der Waals surface area contributed by atoms with Gasteiger partial charge in [-0.2, -0.15) is 15.4 Å². The molecule has 0 saturated carbocycles. The number of nitrogens with one attached hydrogen (secondary N) is 5. The van der Waals surface area contributed by atoms with Crippen LogP contribution in [-0.4, -0.2) is 84.7 Å². The number of hydrogen-bond donors (Lipinski definition) is 9. The lowest BCUT2D eigenvalue weighted by Gasteiger charge is -2.18. The molecule has 0 aliphatic carbocycles. The van der Waals surface area contributed by atoms with Gasteiger partial charge in [0.1, 0.15) is 17.4 Å². The second kappa shape index (κ2) is 18.6. The fraction of sp³-hybridized carbons (Fsp3) is 0.175. The molecule has 300 valence electrons. The van der Waals surface area contributed by atoms with E-state index in [1.165, 1.54) is 60.8 Å². The zero-order chi connectivity index (χ0) is 41.9. The highest BCUT2D eigenvalue weighted by Gasteiger charge is 2.26. The molecule has 0 saturated heterocycles. The zero-order valence-corrected chi connectivity index (χ0v) is 31.3. The topological polar surface area (TPSA) is 274 Å². The van der Waals surface area contributed by atoms with Gasteiger partial charge in [-0.15, -0.1) is 0 Å². The number of rotatable bonds is 16. The highest BCUT2D eigenvalue weighted by Crippen LogP contribution is 2.41. The second-order valence-electron chi connectivity index (χ2n) is 12.4. The van der Waals surface area contributed by atoms with Crippen LogP contribution < -0.4 is 30.7 Å². The summed E-state index contributed by atoms with van der Waals surface area (Å²) < 4.78 is 11.0. The normalized spacial score (nSPS) is 11.5. The molecule has 5 aromatic rings. The van der Waals surface area contributed by atoms with Crippen LogP contribution >= 0.6 is 0 Å². The summed E-state index contributed by atoms with van der Waals surface area (Å²) in [5.41, 5.74) is 1.10. The number of carboxylic acid groups (broad SMARTS) is 1. The third kappa shape index (κ3) is 10.0. The molecular weight excluding hydrogens is 754 g/mol. The molecule has 0 spiro atoms. The van der Waals surface area contributed by atoms with Crippen molar-refractivity contribution in [2.45, 2.75) is 33.2 Å². The number of nitrogens with zero attached hydrogens (tertiary/aromatic N) is 2. The van der Waals surface area contributed by atoms with E-state index in [1.54, 1.807) is 39.0 Å². The standard InChI is InChI=1S/C40H39N7O11/c1-4-57-34-29(16-14-27(32(34)49)38(53)44-30-17-15-28(40(55)56)33(50)35(30)58-5-2)43-37(52)23-8-10-24(11-9-23)42-39(54)31(19-25-20-41-47-46-25)45-36(51)21(3)18-22-6-12-26(48)13-7-22/h6-18,20,31,48-50H,4-5,19H2,1-3H3,(H,42,54)(H,43,52)(H,44,53)(H,45,51)(H,55,56)(H,41,46,47)/b21-18+/t31-/m0/s1. The van der Waals surface area contributed by atoms with Crippen molar-refractivity contribution in [1.82, 2.24) is 20.7 Å². The quantitative estimate of drug-likeness (QED) is 0.0614. The van der Waals surface area contributed by atoms with Gasteiger partial charge in [0.25, 0.3) is 11.8 Å². The minimum absolute atomic E-state index is 0.00823. The monoisotopic (exact) mass is 793 g/mol. The van der Waals surface area contributed by atoms with Gasteiger partial charge in [0.05, 0.1) is 42.0 Å². The average Bonchev–Trinajstić information content (AvgIpc) is 3.71. The first-order valence-corrected chi connectivity index (χ1v) is 17.7. The van der Waals surface area contributed by atoms with Crippen molar-refractivity contribution in [3.8, 4) is 28.7 Å². The zero-order valence-electron chi connectivity index (χ0n) is 31.3. The van der Waals surface area contributed by atoms with Crippen LogP contribution in [0.1, 0.15) is 63.1 Å². The van der Waals surface area contributed by atoms with Crippen molar-refractivity contribution < 1.29 is 53.9 Å². The van der Waals surface area contributed by atoms with Crippen LogP contribution in [0.4, 0.5) is 17.1 Å². The predicted octanol–water partition coefficient (Wildman–Crippen LogP) is 4.69. The number of benzene rings is 4. The van der Waals surface area contributed by atoms with Crippen LogP contribution in [-0.2, 0) is 16.0 Å². The maximum atomic E-state index is 13.4. The number of aromatic nitrogens is 3. The number of carbonyl (C=O) groups is 5. The number of ether oxygens (including phenoxy) is 2. The molecule has 9 N–H and O–H groups in total. The van der Waals surface area contributed by atoms with Gasteiger partial charge < -0.3 is 51.2 Å². The molecule has 4 aromatic carbocycles. The number of H-pyrrole nitrogens is 1. The maximum absolute atomic E-state index is 13.4. The molecule has 4 amide bonds. The SMILES string of the molecule is CCOc1c(NC(=O)c2ccc(NC(=O)c3ccc(NC(=O)[C@H](Cc4cn[nH]n4)NC(=O)/C(C)=C/c4ccc(O)cc4)cc3)c(OCC)c2O)ccc(C(=O)O)c1O. The minimum Gasteiger partial charge on any atom is -0.508 e. The van der Waals surface area contributed by atoms with Gasteiger partial charge in [0.15, 0.2) is 23.0 Å². The van der Waals surface area contributed by atoms with E-state index in [9.17, 15) is 44.4 Å². The molecule has 18 nitrogen and oxygen atoms in total. The van der Waals surface area contributed by atoms with Crippen molar-refractivity contribution in [3.63, 3.8) is 0 Å². The average molecular weight is 794 g/mol. The first-order valence-electron chi connectivity index (χ1n) is 17.7. The Kier molecular flexibility index (Phi) is 13.3. The lowest BCUT2D eigenvalue weighted by molar-refractivity contribution is -0.124. The first-order chi connectivity index (χ1) is 27.8. The molecule has 0 radical (unpaired) electrons. The van der Waals surface area contributed by atoms with Crippen molar-refractivity contribution in [2.24, 2.45) is 0 Å². The smallest absolute Gasteiger partial charge is 0.339 e. The van der Waals surface area contributed by atoms with E-state index in [1.807, 2.05) is 0 Å². The van der Waals surface area contributed by atoms with Gasteiger partial charge in [-0.05, 0) is 93.1 Å². The van der Waals surface area contributed by atoms with Gasteiger partial charge in [-0.25, -0.2) is 4.79 Å². The number of anilines is 3. The molecule has 1 atom stereocenters. The van der Waals surface area contributed by atoms with Crippen molar-refractivity contribution in [1.29, 1.82) is 0 Å².